The van der Waals surface area contributed by atoms with Crippen molar-refractivity contribution < 1.29 is 53.6 Å². The van der Waals surface area contributed by atoms with Gasteiger partial charge in [0.2, 0.25) is 11.8 Å². The standard InChI is InChI=1S/C14H25NO3.C12H21NO3.C10H20.C10H22.C9H19N3.C9H19NO2.C9H21N.C9H20O.C7H14O2/c1-6-9(3)8-12(7-2)13(16)15-10(4)11(5)18-14(15)17;1-5-8(2)6-7-11(14)13-9(3)10(4)16-12(13)15;1-5-10(4)8-6-7-9(2)3;1-5-9(4)8-10(6-2)7-3;1-4-8(3)6-9(5-2)7-11-12-10;1-3-7(2)4-8(6-10)5-9(11)12;2*1-4-8(3)6-9(5-2)7-10;1-3-6(2)4-5-7(8)9/h9-12H,6-8H2,1-5H3;8-10H,5-7H2,1-4H3;7,10H,5-6,8H2,1-4H3;9-10H,5-8H2,1-4H3;8-9H,4-7H2,1-3H3;7-8H,3-6,10H2,1-2H3,(H,11,12);8-9H,4-7,10H2,1-3H3;8-10H,4-7H2,1-3H3;6H,3-5H2,1-2H3,(H,8,9)/t9-,10+,11-,12+;8-,9+,10-;10-;9-;8-,9+;7-,8-;2*8-,9+;6-/m000000000/s1. The lowest BCUT2D eigenvalue weighted by atomic mass is 9.90. The molecule has 2 aliphatic rings. The molecule has 7 N–H and O–H groups in total. The summed E-state index contributed by atoms with van der Waals surface area (Å²) in [5, 5.41) is 29.3. The summed E-state index contributed by atoms with van der Waals surface area (Å²) < 4.78 is 10.1. The highest BCUT2D eigenvalue weighted by Gasteiger charge is 2.43. The van der Waals surface area contributed by atoms with Gasteiger partial charge in [-0.25, -0.2) is 19.4 Å². The molecule has 2 saturated heterocycles. The summed E-state index contributed by atoms with van der Waals surface area (Å²) in [6.07, 6.45) is 30.7. The maximum absolute atomic E-state index is 12.4. The average molecular weight is 1530 g/mol. The molecule has 638 valence electrons. The largest absolute Gasteiger partial charge is 0.481 e. The first-order valence-corrected chi connectivity index (χ1v) is 43.4. The second kappa shape index (κ2) is 75.8. The lowest BCUT2D eigenvalue weighted by Gasteiger charge is -2.24. The number of ether oxygens (including phenoxy) is 2. The first kappa shape index (κ1) is 116. The number of carbonyl (C=O) groups is 6. The van der Waals surface area contributed by atoms with Gasteiger partial charge in [0.1, 0.15) is 12.2 Å². The zero-order chi connectivity index (χ0) is 84.3. The van der Waals surface area contributed by atoms with Crippen molar-refractivity contribution in [3.8, 4) is 0 Å². The fourth-order valence-corrected chi connectivity index (χ4v) is 11.6. The van der Waals surface area contributed by atoms with Crippen molar-refractivity contribution in [2.75, 3.05) is 26.2 Å². The number of hydrogen-bond acceptors (Lipinski definition) is 12. The smallest absolute Gasteiger partial charge is 0.417 e. The molecule has 0 aromatic carbocycles. The molecule has 2 heterocycles. The van der Waals surface area contributed by atoms with E-state index in [2.05, 4.69) is 189 Å². The van der Waals surface area contributed by atoms with E-state index in [9.17, 15) is 28.8 Å². The van der Waals surface area contributed by atoms with E-state index in [0.29, 0.717) is 68.0 Å². The molecule has 0 aromatic heterocycles. The number of azide groups is 1. The van der Waals surface area contributed by atoms with E-state index < -0.39 is 24.1 Å². The van der Waals surface area contributed by atoms with Crippen molar-refractivity contribution in [1.82, 2.24) is 9.80 Å². The van der Waals surface area contributed by atoms with E-state index in [1.807, 2.05) is 34.6 Å². The minimum absolute atomic E-state index is 0.0692. The monoisotopic (exact) mass is 1520 g/mol. The van der Waals surface area contributed by atoms with Crippen molar-refractivity contribution in [3.63, 3.8) is 0 Å². The molecule has 0 aromatic rings. The Hall–Kier alpha value is -4.25. The number of hydrogen-bond donors (Lipinski definition) is 5. The van der Waals surface area contributed by atoms with E-state index in [4.69, 9.17) is 41.8 Å². The number of aliphatic carboxylic acids is 2. The fraction of sp³-hybridized carbons (Fsp3) is 0.910. The Balaban J connectivity index is -0.000000212. The first-order valence-electron chi connectivity index (χ1n) is 43.4. The Morgan fingerprint density at radius 2 is 0.794 bits per heavy atom. The molecule has 0 unspecified atom stereocenters. The number of nitrogens with two attached hydrogens (primary N) is 2. The Kier molecular flexibility index (Phi) is 82.2. The number of cyclic esters (lactones) is 2. The molecule has 4 amide bonds. The second-order valence-corrected chi connectivity index (χ2v) is 32.6. The highest BCUT2D eigenvalue weighted by atomic mass is 16.6. The maximum Gasteiger partial charge on any atom is 0.417 e. The number of aliphatic hydroxyl groups excluding tert-OH is 1. The lowest BCUT2D eigenvalue weighted by molar-refractivity contribution is -0.138. The minimum Gasteiger partial charge on any atom is -0.481 e. The van der Waals surface area contributed by atoms with Crippen LogP contribution in [0.15, 0.2) is 16.8 Å². The molecule has 2 rings (SSSR count). The van der Waals surface area contributed by atoms with Crippen LogP contribution in [0, 0.1) is 88.8 Å². The highest BCUT2D eigenvalue weighted by molar-refractivity contribution is 5.95. The van der Waals surface area contributed by atoms with Crippen LogP contribution < -0.4 is 11.5 Å². The predicted octanol–water partition coefficient (Wildman–Crippen LogP) is 25.4. The van der Waals surface area contributed by atoms with Gasteiger partial charge in [-0.3, -0.25) is 19.2 Å². The van der Waals surface area contributed by atoms with Crippen LogP contribution in [0.5, 0.6) is 0 Å². The Morgan fingerprint density at radius 3 is 1.10 bits per heavy atom. The van der Waals surface area contributed by atoms with E-state index >= 15 is 0 Å². The minimum atomic E-state index is -0.742. The molecule has 18 nitrogen and oxygen atoms in total. The van der Waals surface area contributed by atoms with Gasteiger partial charge in [-0.05, 0) is 214 Å². The number of aliphatic hydroxyl groups is 1. The van der Waals surface area contributed by atoms with Crippen molar-refractivity contribution >= 4 is 35.9 Å². The van der Waals surface area contributed by atoms with E-state index in [1.54, 1.807) is 0 Å². The molecule has 0 radical (unpaired) electrons. The van der Waals surface area contributed by atoms with Crippen LogP contribution in [-0.4, -0.2) is 112 Å². The molecule has 0 spiro atoms. The topological polar surface area (TPSA) is 289 Å². The molecular weight excluding hydrogens is 1340 g/mol. The highest BCUT2D eigenvalue weighted by Crippen LogP contribution is 2.28. The SMILES string of the molecule is CCC(CC)C[C@@H](C)CC.CC[C@H](C)CCC(=O)N1C(=O)O[C@@H](C)[C@H]1C.CC[C@H](C)CCC(=O)O.CC[C@H](C)CCC=C(C)C.CC[C@H](C)C[C@@H](CC)C(=O)N1C(=O)O[C@@H](C)[C@H]1C.CC[C@H](C)C[C@@H](CC)CN.CC[C@H](C)C[C@@H](CC)CN=[N+]=[N-].CC[C@H](C)C[C@@H](CC)CO.CC[C@H](C)C[C@H](CN)CC(=O)O. The van der Waals surface area contributed by atoms with Crippen molar-refractivity contribution in [2.45, 2.75) is 412 Å². The molecule has 0 aliphatic carbocycles. The number of carboxylic acid groups (broad SMARTS) is 2. The van der Waals surface area contributed by atoms with Crippen LogP contribution >= 0.6 is 0 Å². The number of amides is 4. The van der Waals surface area contributed by atoms with E-state index in [0.717, 1.165) is 119 Å². The third-order valence-corrected chi connectivity index (χ3v) is 22.7. The number of carboxylic acids is 2. The number of rotatable bonds is 44. The molecule has 0 bridgehead atoms. The summed E-state index contributed by atoms with van der Waals surface area (Å²) in [5.41, 5.74) is 20.7. The van der Waals surface area contributed by atoms with Crippen molar-refractivity contribution in [1.29, 1.82) is 0 Å². The zero-order valence-electron chi connectivity index (χ0n) is 75.7. The summed E-state index contributed by atoms with van der Waals surface area (Å²) in [5.74, 6) is 7.72. The first-order chi connectivity index (χ1) is 50.3. The third kappa shape index (κ3) is 66.1. The average Bonchev–Trinajstić information content (AvgIpc) is 1.69. The molecule has 18 atom stereocenters. The molecular formula is C89H181N7O11. The quantitative estimate of drug-likeness (QED) is 0.0164. The van der Waals surface area contributed by atoms with Crippen molar-refractivity contribution in [3.05, 3.63) is 22.1 Å². The van der Waals surface area contributed by atoms with Gasteiger partial charge in [-0.15, -0.1) is 0 Å². The van der Waals surface area contributed by atoms with Gasteiger partial charge >= 0.3 is 24.1 Å². The Morgan fingerprint density at radius 1 is 0.458 bits per heavy atom. The van der Waals surface area contributed by atoms with Gasteiger partial charge in [0, 0.05) is 43.2 Å². The van der Waals surface area contributed by atoms with E-state index in [1.165, 1.54) is 105 Å². The third-order valence-electron chi connectivity index (χ3n) is 22.7. The summed E-state index contributed by atoms with van der Waals surface area (Å²) >= 11 is 0. The van der Waals surface area contributed by atoms with E-state index in [-0.39, 0.29) is 54.4 Å². The van der Waals surface area contributed by atoms with Gasteiger partial charge in [0.15, 0.2) is 0 Å². The normalized spacial score (nSPS) is 18.7. The number of allylic oxidation sites excluding steroid dienone is 2. The van der Waals surface area contributed by atoms with Crippen LogP contribution in [0.3, 0.4) is 0 Å². The van der Waals surface area contributed by atoms with Gasteiger partial charge in [0.05, 0.1) is 12.1 Å². The molecule has 2 aliphatic heterocycles. The summed E-state index contributed by atoms with van der Waals surface area (Å²) in [4.78, 5) is 73.2. The zero-order valence-corrected chi connectivity index (χ0v) is 75.7. The van der Waals surface area contributed by atoms with Crippen LogP contribution in [-0.2, 0) is 28.7 Å². The van der Waals surface area contributed by atoms with Crippen LogP contribution in [0.2, 0.25) is 0 Å². The molecule has 0 saturated carbocycles. The molecule has 18 heteroatoms. The number of imide groups is 2. The van der Waals surface area contributed by atoms with Crippen molar-refractivity contribution in [2.24, 2.45) is 105 Å². The predicted molar refractivity (Wildman–Crippen MR) is 456 cm³/mol. The van der Waals surface area contributed by atoms with Gasteiger partial charge in [-0.1, -0.05) is 273 Å². The summed E-state index contributed by atoms with van der Waals surface area (Å²) in [6.45, 7) is 66.7. The Bertz CT molecular complexity index is 2120. The van der Waals surface area contributed by atoms with Crippen LogP contribution in [0.1, 0.15) is 387 Å². The molecule has 2 fully saturated rings. The summed E-state index contributed by atoms with van der Waals surface area (Å²) in [7, 11) is 0. The number of carbonyl (C=O) groups excluding carboxylic acids is 4. The van der Waals surface area contributed by atoms with Gasteiger partial charge in [-0.2, -0.15) is 0 Å². The lowest BCUT2D eigenvalue weighted by Crippen LogP contribution is -2.42. The van der Waals surface area contributed by atoms with Crippen LogP contribution in [0.25, 0.3) is 10.4 Å². The van der Waals surface area contributed by atoms with Gasteiger partial charge in [0.25, 0.3) is 0 Å². The van der Waals surface area contributed by atoms with Gasteiger partial charge < -0.3 is 36.3 Å². The summed E-state index contributed by atoms with van der Waals surface area (Å²) in [6, 6.07) is -0.298. The number of nitrogens with zero attached hydrogens (tertiary/aromatic N) is 5. The van der Waals surface area contributed by atoms with Crippen LogP contribution in [0.4, 0.5) is 9.59 Å². The second-order valence-electron chi connectivity index (χ2n) is 32.6. The Labute approximate surface area is 661 Å². The molecule has 107 heavy (non-hydrogen) atoms. The maximum atomic E-state index is 12.4. The fourth-order valence-electron chi connectivity index (χ4n) is 11.6.